The largest absolute Gasteiger partial charge is 0.361 e. The van der Waals surface area contributed by atoms with E-state index in [1.165, 1.54) is 12.1 Å². The number of aromatic amines is 1. The summed E-state index contributed by atoms with van der Waals surface area (Å²) in [4.78, 5) is 7.72. The second-order valence-corrected chi connectivity index (χ2v) is 8.66. The summed E-state index contributed by atoms with van der Waals surface area (Å²) < 4.78 is 39.2. The Morgan fingerprint density at radius 1 is 1.13 bits per heavy atom. The molecule has 0 saturated heterocycles. The zero-order valence-corrected chi connectivity index (χ0v) is 17.8. The van der Waals surface area contributed by atoms with E-state index in [2.05, 4.69) is 25.3 Å². The number of guanidine groups is 1. The number of halogens is 1. The Kier molecular flexibility index (Phi) is 6.94. The molecule has 0 saturated carbocycles. The van der Waals surface area contributed by atoms with Crippen LogP contribution in [0.2, 0.25) is 0 Å². The first-order chi connectivity index (χ1) is 14.4. The zero-order chi connectivity index (χ0) is 21.6. The van der Waals surface area contributed by atoms with Crippen LogP contribution < -0.4 is 15.4 Å². The number of rotatable bonds is 8. The smallest absolute Gasteiger partial charge is 0.229 e. The predicted molar refractivity (Wildman–Crippen MR) is 120 cm³/mol. The van der Waals surface area contributed by atoms with Gasteiger partial charge in [0.05, 0.1) is 18.5 Å². The molecule has 4 N–H and O–H groups in total. The molecule has 7 nitrogen and oxygen atoms in total. The number of benzene rings is 2. The molecule has 0 aliphatic heterocycles. The number of aliphatic imine (C=N–C) groups is 1. The van der Waals surface area contributed by atoms with Crippen molar-refractivity contribution < 1.29 is 12.8 Å². The molecular weight excluding hydrogens is 405 g/mol. The number of anilines is 1. The van der Waals surface area contributed by atoms with E-state index in [-0.39, 0.29) is 5.82 Å². The summed E-state index contributed by atoms with van der Waals surface area (Å²) in [6.07, 6.45) is 3.71. The first-order valence-corrected chi connectivity index (χ1v) is 11.6. The summed E-state index contributed by atoms with van der Waals surface area (Å²) in [6, 6.07) is 11.9. The van der Waals surface area contributed by atoms with Gasteiger partial charge in [-0.3, -0.25) is 4.72 Å². The van der Waals surface area contributed by atoms with Gasteiger partial charge in [-0.15, -0.1) is 0 Å². The lowest BCUT2D eigenvalue weighted by atomic mass is 10.1. The van der Waals surface area contributed by atoms with Gasteiger partial charge in [-0.2, -0.15) is 0 Å². The number of H-pyrrole nitrogens is 1. The summed E-state index contributed by atoms with van der Waals surface area (Å²) in [7, 11) is -3.37. The van der Waals surface area contributed by atoms with Gasteiger partial charge in [-0.25, -0.2) is 17.8 Å². The summed E-state index contributed by atoms with van der Waals surface area (Å²) in [5, 5.41) is 7.32. The number of para-hydroxylation sites is 1. The molecule has 0 aliphatic carbocycles. The predicted octanol–water partition coefficient (Wildman–Crippen LogP) is 2.98. The zero-order valence-electron chi connectivity index (χ0n) is 17.0. The minimum Gasteiger partial charge on any atom is -0.361 e. The number of fused-ring (bicyclic) bond motifs is 1. The number of hydrogen-bond acceptors (Lipinski definition) is 3. The Morgan fingerprint density at radius 3 is 2.70 bits per heavy atom. The lowest BCUT2D eigenvalue weighted by Crippen LogP contribution is -2.38. The van der Waals surface area contributed by atoms with Crippen molar-refractivity contribution >= 4 is 32.6 Å². The number of sulfonamides is 1. The van der Waals surface area contributed by atoms with Crippen molar-refractivity contribution in [2.24, 2.45) is 4.99 Å². The molecule has 0 bridgehead atoms. The Hall–Kier alpha value is -3.07. The first kappa shape index (κ1) is 21.6. The van der Waals surface area contributed by atoms with E-state index in [4.69, 9.17) is 0 Å². The van der Waals surface area contributed by atoms with Gasteiger partial charge < -0.3 is 15.6 Å². The molecule has 1 aromatic heterocycles. The van der Waals surface area contributed by atoms with Crippen LogP contribution in [0.1, 0.15) is 18.1 Å². The van der Waals surface area contributed by atoms with E-state index in [1.54, 1.807) is 18.2 Å². The second-order valence-electron chi connectivity index (χ2n) is 6.91. The molecule has 0 unspecified atom stereocenters. The van der Waals surface area contributed by atoms with Crippen LogP contribution in [0.25, 0.3) is 10.9 Å². The molecule has 3 aromatic rings. The molecule has 2 aromatic carbocycles. The maximum absolute atomic E-state index is 13.5. The highest BCUT2D eigenvalue weighted by molar-refractivity contribution is 7.92. The monoisotopic (exact) mass is 431 g/mol. The van der Waals surface area contributed by atoms with Crippen molar-refractivity contribution in [3.05, 3.63) is 65.6 Å². The lowest BCUT2D eigenvalue weighted by Gasteiger charge is -2.13. The van der Waals surface area contributed by atoms with Crippen molar-refractivity contribution in [1.29, 1.82) is 0 Å². The van der Waals surface area contributed by atoms with E-state index >= 15 is 0 Å². The van der Waals surface area contributed by atoms with E-state index in [0.29, 0.717) is 37.7 Å². The van der Waals surface area contributed by atoms with Gasteiger partial charge in [0, 0.05) is 30.2 Å². The minimum atomic E-state index is -3.37. The van der Waals surface area contributed by atoms with Crippen LogP contribution >= 0.6 is 0 Å². The highest BCUT2D eigenvalue weighted by Crippen LogP contribution is 2.20. The third kappa shape index (κ3) is 5.96. The Bertz CT molecular complexity index is 1140. The Labute approximate surface area is 175 Å². The quantitative estimate of drug-likeness (QED) is 0.326. The molecule has 0 atom stereocenters. The van der Waals surface area contributed by atoms with E-state index in [9.17, 15) is 12.8 Å². The summed E-state index contributed by atoms with van der Waals surface area (Å²) >= 11 is 0. The molecule has 0 spiro atoms. The third-order valence-electron chi connectivity index (χ3n) is 4.48. The van der Waals surface area contributed by atoms with E-state index < -0.39 is 10.0 Å². The number of nitrogens with zero attached hydrogens (tertiary/aromatic N) is 1. The van der Waals surface area contributed by atoms with Crippen LogP contribution in [-0.2, 0) is 23.0 Å². The van der Waals surface area contributed by atoms with Crippen LogP contribution in [-0.4, -0.2) is 38.7 Å². The highest BCUT2D eigenvalue weighted by atomic mass is 32.2. The Morgan fingerprint density at radius 2 is 1.93 bits per heavy atom. The molecule has 0 radical (unpaired) electrons. The molecule has 1 heterocycles. The van der Waals surface area contributed by atoms with Crippen molar-refractivity contribution in [2.45, 2.75) is 19.9 Å². The fourth-order valence-corrected chi connectivity index (χ4v) is 3.74. The second kappa shape index (κ2) is 9.62. The molecule has 9 heteroatoms. The van der Waals surface area contributed by atoms with Gasteiger partial charge in [-0.1, -0.05) is 18.2 Å². The molecular formula is C21H26FN5O2S. The average molecular weight is 432 g/mol. The summed E-state index contributed by atoms with van der Waals surface area (Å²) in [5.41, 5.74) is 3.21. The normalized spacial score (nSPS) is 12.2. The van der Waals surface area contributed by atoms with Crippen LogP contribution in [0.15, 0.2) is 53.7 Å². The van der Waals surface area contributed by atoms with E-state index in [1.807, 2.05) is 25.3 Å². The van der Waals surface area contributed by atoms with Crippen LogP contribution in [0.5, 0.6) is 0 Å². The van der Waals surface area contributed by atoms with Crippen molar-refractivity contribution in [2.75, 3.05) is 24.1 Å². The molecule has 160 valence electrons. The summed E-state index contributed by atoms with van der Waals surface area (Å²) in [5.74, 6) is 0.366. The fourth-order valence-electron chi connectivity index (χ4n) is 3.14. The van der Waals surface area contributed by atoms with Gasteiger partial charge in [0.25, 0.3) is 0 Å². The van der Waals surface area contributed by atoms with Crippen molar-refractivity contribution in [3.8, 4) is 0 Å². The maximum atomic E-state index is 13.5. The number of hydrogen-bond donors (Lipinski definition) is 4. The van der Waals surface area contributed by atoms with Crippen molar-refractivity contribution in [1.82, 2.24) is 15.6 Å². The molecule has 0 fully saturated rings. The van der Waals surface area contributed by atoms with Gasteiger partial charge in [0.15, 0.2) is 5.96 Å². The van der Waals surface area contributed by atoms with E-state index in [0.717, 1.165) is 28.3 Å². The maximum Gasteiger partial charge on any atom is 0.229 e. The SMILES string of the molecule is CCNC(=NCc1ccccc1NS(C)(=O)=O)NCCc1c[nH]c2ccc(F)cc12. The lowest BCUT2D eigenvalue weighted by molar-refractivity contribution is 0.606. The van der Waals surface area contributed by atoms with Gasteiger partial charge in [-0.05, 0) is 48.7 Å². The topological polar surface area (TPSA) is 98.4 Å². The first-order valence-electron chi connectivity index (χ1n) is 9.69. The third-order valence-corrected chi connectivity index (χ3v) is 5.07. The van der Waals surface area contributed by atoms with Crippen molar-refractivity contribution in [3.63, 3.8) is 0 Å². The number of aromatic nitrogens is 1. The van der Waals surface area contributed by atoms with Crippen LogP contribution in [0, 0.1) is 5.82 Å². The minimum absolute atomic E-state index is 0.257. The van der Waals surface area contributed by atoms with Gasteiger partial charge >= 0.3 is 0 Å². The van der Waals surface area contributed by atoms with Crippen LogP contribution in [0.4, 0.5) is 10.1 Å². The summed E-state index contributed by atoms with van der Waals surface area (Å²) in [6.45, 7) is 3.58. The number of nitrogens with one attached hydrogen (secondary N) is 4. The molecule has 30 heavy (non-hydrogen) atoms. The molecule has 0 amide bonds. The fraction of sp³-hybridized carbons (Fsp3) is 0.286. The van der Waals surface area contributed by atoms with Gasteiger partial charge in [0.1, 0.15) is 5.82 Å². The Balaban J connectivity index is 1.66. The standard InChI is InChI=1S/C21H26FN5O2S/c1-3-23-21(26-14-16-6-4-5-7-19(16)27-30(2,28)29)24-11-10-15-13-25-20-9-8-17(22)12-18(15)20/h4-9,12-13,25,27H,3,10-11,14H2,1-2H3,(H2,23,24,26). The average Bonchev–Trinajstić information content (AvgIpc) is 3.08. The molecule has 0 aliphatic rings. The highest BCUT2D eigenvalue weighted by Gasteiger charge is 2.08. The molecule has 3 rings (SSSR count). The van der Waals surface area contributed by atoms with Crippen LogP contribution in [0.3, 0.4) is 0 Å². The van der Waals surface area contributed by atoms with Gasteiger partial charge in [0.2, 0.25) is 10.0 Å².